The first kappa shape index (κ1) is 19.9. The maximum absolute atomic E-state index is 12.4. The summed E-state index contributed by atoms with van der Waals surface area (Å²) in [6, 6.07) is 11.0. The van der Waals surface area contributed by atoms with Crippen LogP contribution >= 0.6 is 0 Å². The maximum atomic E-state index is 12.4. The predicted molar refractivity (Wildman–Crippen MR) is 98.7 cm³/mol. The molecule has 2 N–H and O–H groups in total. The molecule has 7 nitrogen and oxygen atoms in total. The van der Waals surface area contributed by atoms with Crippen LogP contribution < -0.4 is 11.0 Å². The van der Waals surface area contributed by atoms with Crippen molar-refractivity contribution in [1.29, 1.82) is 0 Å². The van der Waals surface area contributed by atoms with E-state index >= 15 is 0 Å². The highest BCUT2D eigenvalue weighted by atomic mass is 32.2. The first-order chi connectivity index (χ1) is 12.1. The zero-order chi connectivity index (χ0) is 19.5. The summed E-state index contributed by atoms with van der Waals surface area (Å²) in [6.07, 6.45) is 2.34. The normalized spacial score (nSPS) is 13.8. The number of carbonyl (C=O) groups is 1. The fourth-order valence-corrected chi connectivity index (χ4v) is 3.46. The number of aromatic nitrogens is 1. The molecular formula is C18H22N2O5S. The number of sulfone groups is 1. The minimum absolute atomic E-state index is 0.0178. The highest BCUT2D eigenvalue weighted by Gasteiger charge is 2.43. The molecule has 0 aliphatic heterocycles. The lowest BCUT2D eigenvalue weighted by Gasteiger charge is -2.25. The van der Waals surface area contributed by atoms with Crippen molar-refractivity contribution in [3.05, 3.63) is 58.5 Å². The Kier molecular flexibility index (Phi) is 5.68. The molecule has 1 atom stereocenters. The van der Waals surface area contributed by atoms with E-state index in [1.807, 2.05) is 31.2 Å². The van der Waals surface area contributed by atoms with Crippen LogP contribution in [0.4, 0.5) is 0 Å². The molecule has 1 aromatic heterocycles. The summed E-state index contributed by atoms with van der Waals surface area (Å²) in [5.41, 5.74) is 3.84. The third-order valence-electron chi connectivity index (χ3n) is 4.58. The first-order valence-electron chi connectivity index (χ1n) is 8.00. The van der Waals surface area contributed by atoms with Crippen molar-refractivity contribution < 1.29 is 18.4 Å². The Balaban J connectivity index is 2.28. The number of nitrogens with zero attached hydrogens (tertiary/aromatic N) is 1. The van der Waals surface area contributed by atoms with Crippen molar-refractivity contribution in [3.63, 3.8) is 0 Å². The van der Waals surface area contributed by atoms with Gasteiger partial charge >= 0.3 is 0 Å². The average molecular weight is 378 g/mol. The average Bonchev–Trinajstić information content (AvgIpc) is 2.58. The Morgan fingerprint density at radius 3 is 2.42 bits per heavy atom. The van der Waals surface area contributed by atoms with Crippen LogP contribution in [0.25, 0.3) is 11.1 Å². The van der Waals surface area contributed by atoms with E-state index in [9.17, 15) is 18.0 Å². The highest BCUT2D eigenvalue weighted by Crippen LogP contribution is 2.22. The van der Waals surface area contributed by atoms with Gasteiger partial charge in [-0.1, -0.05) is 29.8 Å². The third kappa shape index (κ3) is 4.03. The van der Waals surface area contributed by atoms with Crippen molar-refractivity contribution in [3.8, 4) is 11.1 Å². The Morgan fingerprint density at radius 1 is 1.23 bits per heavy atom. The quantitative estimate of drug-likeness (QED) is 0.586. The van der Waals surface area contributed by atoms with Crippen molar-refractivity contribution in [2.75, 3.05) is 6.26 Å². The molecule has 0 saturated heterocycles. The Morgan fingerprint density at radius 2 is 1.88 bits per heavy atom. The van der Waals surface area contributed by atoms with Gasteiger partial charge < -0.3 is 4.57 Å². The number of amides is 1. The molecule has 140 valence electrons. The highest BCUT2D eigenvalue weighted by molar-refractivity contribution is 7.92. The molecule has 0 saturated carbocycles. The molecule has 2 aromatic rings. The largest absolute Gasteiger partial charge is 0.315 e. The molecule has 26 heavy (non-hydrogen) atoms. The van der Waals surface area contributed by atoms with Crippen LogP contribution in [-0.2, 0) is 21.2 Å². The number of carbonyl (C=O) groups excluding carboxylic acids is 1. The molecule has 1 unspecified atom stereocenters. The number of hydroxylamine groups is 1. The Labute approximate surface area is 152 Å². The molecule has 0 radical (unpaired) electrons. The van der Waals surface area contributed by atoms with Crippen LogP contribution in [0.3, 0.4) is 0 Å². The lowest BCUT2D eigenvalue weighted by molar-refractivity contribution is -0.131. The van der Waals surface area contributed by atoms with Crippen molar-refractivity contribution in [1.82, 2.24) is 10.0 Å². The summed E-state index contributed by atoms with van der Waals surface area (Å²) in [5.74, 6) is -1.02. The molecule has 1 aromatic carbocycles. The monoisotopic (exact) mass is 378 g/mol. The summed E-state index contributed by atoms with van der Waals surface area (Å²) in [4.78, 5) is 24.2. The van der Waals surface area contributed by atoms with E-state index in [4.69, 9.17) is 5.21 Å². The van der Waals surface area contributed by atoms with E-state index < -0.39 is 20.5 Å². The van der Waals surface area contributed by atoms with Crippen LogP contribution in [0, 0.1) is 6.92 Å². The van der Waals surface area contributed by atoms with E-state index in [1.54, 1.807) is 12.3 Å². The summed E-state index contributed by atoms with van der Waals surface area (Å²) in [5, 5.41) is 8.84. The van der Waals surface area contributed by atoms with E-state index in [1.165, 1.54) is 23.0 Å². The fraction of sp³-hybridized carbons (Fsp3) is 0.333. The van der Waals surface area contributed by atoms with Gasteiger partial charge in [0.25, 0.3) is 11.5 Å². The van der Waals surface area contributed by atoms with E-state index in [0.29, 0.717) is 0 Å². The zero-order valence-electron chi connectivity index (χ0n) is 14.9. The molecule has 2 rings (SSSR count). The lowest BCUT2D eigenvalue weighted by atomic mass is 10.0. The molecule has 1 amide bonds. The van der Waals surface area contributed by atoms with Gasteiger partial charge in [-0.25, -0.2) is 13.9 Å². The van der Waals surface area contributed by atoms with Crippen LogP contribution in [0.2, 0.25) is 0 Å². The zero-order valence-corrected chi connectivity index (χ0v) is 15.7. The second kappa shape index (κ2) is 7.43. The molecule has 0 fully saturated rings. The Hall–Kier alpha value is -2.45. The Bertz CT molecular complexity index is 981. The molecule has 8 heteroatoms. The maximum Gasteiger partial charge on any atom is 0.264 e. The van der Waals surface area contributed by atoms with Gasteiger partial charge in [-0.15, -0.1) is 0 Å². The van der Waals surface area contributed by atoms with Gasteiger partial charge in [-0.05, 0) is 37.5 Å². The minimum atomic E-state index is -3.80. The van der Waals surface area contributed by atoms with E-state index in [0.717, 1.165) is 22.9 Å². The summed E-state index contributed by atoms with van der Waals surface area (Å²) in [7, 11) is -3.80. The number of aryl methyl sites for hydroxylation is 2. The predicted octanol–water partition coefficient (Wildman–Crippen LogP) is 1.52. The summed E-state index contributed by atoms with van der Waals surface area (Å²) < 4.78 is 23.4. The van der Waals surface area contributed by atoms with E-state index in [-0.39, 0.29) is 18.5 Å². The number of pyridine rings is 1. The SMILES string of the molecule is Cc1cccc(-c2ccn(CCC(C)(C(=O)NO)S(C)(=O)=O)c(=O)c2)c1. The smallest absolute Gasteiger partial charge is 0.264 e. The molecule has 1 heterocycles. The molecule has 0 aliphatic rings. The van der Waals surface area contributed by atoms with Crippen LogP contribution in [-0.4, -0.2) is 35.1 Å². The third-order valence-corrected chi connectivity index (χ3v) is 6.60. The second-order valence-corrected chi connectivity index (χ2v) is 8.96. The number of hydrogen-bond donors (Lipinski definition) is 2. The minimum Gasteiger partial charge on any atom is -0.315 e. The standard InChI is InChI=1S/C18H22N2O5S/c1-13-5-4-6-14(11-13)15-7-9-20(16(21)12-15)10-8-18(2,17(22)19-23)26(3,24)25/h4-7,9,11-12,23H,8,10H2,1-3H3,(H,19,22). The van der Waals surface area contributed by atoms with Crippen molar-refractivity contribution in [2.24, 2.45) is 0 Å². The molecular weight excluding hydrogens is 356 g/mol. The number of rotatable bonds is 6. The number of benzene rings is 1. The van der Waals surface area contributed by atoms with Gasteiger partial charge in [0, 0.05) is 25.1 Å². The summed E-state index contributed by atoms with van der Waals surface area (Å²) >= 11 is 0. The first-order valence-corrected chi connectivity index (χ1v) is 9.89. The van der Waals surface area contributed by atoms with Gasteiger partial charge in [-0.2, -0.15) is 0 Å². The number of hydrogen-bond acceptors (Lipinski definition) is 5. The van der Waals surface area contributed by atoms with E-state index in [2.05, 4.69) is 0 Å². The number of nitrogens with one attached hydrogen (secondary N) is 1. The topological polar surface area (TPSA) is 105 Å². The van der Waals surface area contributed by atoms with Crippen LogP contribution in [0.1, 0.15) is 18.9 Å². The molecule has 0 bridgehead atoms. The lowest BCUT2D eigenvalue weighted by Crippen LogP contribution is -2.49. The van der Waals surface area contributed by atoms with Crippen LogP contribution in [0.5, 0.6) is 0 Å². The second-order valence-electron chi connectivity index (χ2n) is 6.51. The summed E-state index contributed by atoms with van der Waals surface area (Å²) in [6.45, 7) is 3.20. The van der Waals surface area contributed by atoms with Crippen molar-refractivity contribution >= 4 is 15.7 Å². The van der Waals surface area contributed by atoms with Gasteiger partial charge in [-0.3, -0.25) is 14.8 Å². The van der Waals surface area contributed by atoms with Gasteiger partial charge in [0.2, 0.25) is 0 Å². The van der Waals surface area contributed by atoms with Gasteiger partial charge in [0.05, 0.1) is 0 Å². The van der Waals surface area contributed by atoms with Crippen molar-refractivity contribution in [2.45, 2.75) is 31.6 Å². The van der Waals surface area contributed by atoms with Gasteiger partial charge in [0.15, 0.2) is 14.6 Å². The van der Waals surface area contributed by atoms with Crippen LogP contribution in [0.15, 0.2) is 47.4 Å². The molecule has 0 aliphatic carbocycles. The van der Waals surface area contributed by atoms with Gasteiger partial charge in [0.1, 0.15) is 0 Å². The fourth-order valence-electron chi connectivity index (χ4n) is 2.62. The molecule has 0 spiro atoms.